The molecular weight excluding hydrogens is 246 g/mol. The van der Waals surface area contributed by atoms with Crippen molar-refractivity contribution in [2.75, 3.05) is 13.1 Å². The molecule has 2 heteroatoms. The van der Waals surface area contributed by atoms with Gasteiger partial charge in [0.2, 0.25) is 5.91 Å². The predicted octanol–water partition coefficient (Wildman–Crippen LogP) is 3.97. The molecule has 1 saturated carbocycles. The summed E-state index contributed by atoms with van der Waals surface area (Å²) in [5, 5.41) is 0. The molecule has 0 spiro atoms. The third-order valence-corrected chi connectivity index (χ3v) is 5.06. The van der Waals surface area contributed by atoms with Crippen molar-refractivity contribution in [1.29, 1.82) is 0 Å². The summed E-state index contributed by atoms with van der Waals surface area (Å²) in [4.78, 5) is 14.4. The molecule has 2 fully saturated rings. The lowest BCUT2D eigenvalue weighted by molar-refractivity contribution is -0.133. The molecule has 1 saturated heterocycles. The molecule has 0 radical (unpaired) electrons. The second-order valence-corrected chi connectivity index (χ2v) is 6.42. The second-order valence-electron chi connectivity index (χ2n) is 6.42. The minimum absolute atomic E-state index is 0.406. The third kappa shape index (κ3) is 3.23. The number of carbonyl (C=O) groups is 1. The van der Waals surface area contributed by atoms with Crippen molar-refractivity contribution >= 4 is 5.91 Å². The van der Waals surface area contributed by atoms with Crippen LogP contribution >= 0.6 is 0 Å². The molecule has 1 aliphatic heterocycles. The van der Waals surface area contributed by atoms with E-state index >= 15 is 0 Å². The van der Waals surface area contributed by atoms with Crippen LogP contribution in [-0.2, 0) is 4.79 Å². The van der Waals surface area contributed by atoms with E-state index in [0.717, 1.165) is 32.4 Å². The number of likely N-dealkylation sites (tertiary alicyclic amines) is 1. The van der Waals surface area contributed by atoms with Crippen LogP contribution in [0, 0.1) is 5.92 Å². The van der Waals surface area contributed by atoms with Crippen LogP contribution in [0.3, 0.4) is 0 Å². The van der Waals surface area contributed by atoms with E-state index in [-0.39, 0.29) is 0 Å². The van der Waals surface area contributed by atoms with E-state index in [0.29, 0.717) is 17.7 Å². The fraction of sp³-hybridized carbons (Fsp3) is 0.611. The van der Waals surface area contributed by atoms with Crippen molar-refractivity contribution in [3.8, 4) is 0 Å². The van der Waals surface area contributed by atoms with Crippen molar-refractivity contribution in [2.45, 2.75) is 50.9 Å². The average molecular weight is 271 g/mol. The average Bonchev–Trinajstić information content (AvgIpc) is 3.01. The van der Waals surface area contributed by atoms with Crippen LogP contribution in [0.2, 0.25) is 0 Å². The summed E-state index contributed by atoms with van der Waals surface area (Å²) in [6.07, 6.45) is 8.25. The number of piperidine rings is 1. The van der Waals surface area contributed by atoms with Crippen LogP contribution in [0.4, 0.5) is 0 Å². The molecule has 20 heavy (non-hydrogen) atoms. The molecule has 2 nitrogen and oxygen atoms in total. The lowest BCUT2D eigenvalue weighted by Crippen LogP contribution is -2.38. The van der Waals surface area contributed by atoms with Gasteiger partial charge in [0.05, 0.1) is 0 Å². The number of hydrogen-bond acceptors (Lipinski definition) is 1. The standard InChI is InChI=1S/C18H25NO/c20-18(14-15-6-4-5-7-15)19-12-10-17(11-13-19)16-8-2-1-3-9-16/h1-3,8-9,15,17H,4-7,10-14H2. The Hall–Kier alpha value is -1.31. The van der Waals surface area contributed by atoms with Gasteiger partial charge in [-0.15, -0.1) is 0 Å². The Morgan fingerprint density at radius 1 is 1.00 bits per heavy atom. The van der Waals surface area contributed by atoms with Crippen LogP contribution in [0.25, 0.3) is 0 Å². The lowest BCUT2D eigenvalue weighted by atomic mass is 9.89. The van der Waals surface area contributed by atoms with Crippen LogP contribution in [0.5, 0.6) is 0 Å². The first-order valence-electron chi connectivity index (χ1n) is 8.15. The van der Waals surface area contributed by atoms with E-state index in [9.17, 15) is 4.79 Å². The monoisotopic (exact) mass is 271 g/mol. The first-order chi connectivity index (χ1) is 9.83. The van der Waals surface area contributed by atoms with E-state index in [1.165, 1.54) is 31.2 Å². The van der Waals surface area contributed by atoms with E-state index in [4.69, 9.17) is 0 Å². The summed E-state index contributed by atoms with van der Waals surface area (Å²) < 4.78 is 0. The zero-order chi connectivity index (χ0) is 13.8. The number of rotatable bonds is 3. The minimum atomic E-state index is 0.406. The highest BCUT2D eigenvalue weighted by Crippen LogP contribution is 2.31. The molecule has 1 aromatic carbocycles. The van der Waals surface area contributed by atoms with Crippen LogP contribution in [0.15, 0.2) is 30.3 Å². The molecule has 3 rings (SSSR count). The highest BCUT2D eigenvalue weighted by molar-refractivity contribution is 5.76. The molecule has 0 atom stereocenters. The number of nitrogens with zero attached hydrogens (tertiary/aromatic N) is 1. The summed E-state index contributed by atoms with van der Waals surface area (Å²) in [6.45, 7) is 1.90. The molecule has 1 heterocycles. The van der Waals surface area contributed by atoms with Gasteiger partial charge in [-0.05, 0) is 43.1 Å². The zero-order valence-corrected chi connectivity index (χ0v) is 12.3. The fourth-order valence-corrected chi connectivity index (χ4v) is 3.78. The number of benzene rings is 1. The Morgan fingerprint density at radius 3 is 2.30 bits per heavy atom. The summed E-state index contributed by atoms with van der Waals surface area (Å²) in [7, 11) is 0. The van der Waals surface area contributed by atoms with Gasteiger partial charge in [-0.1, -0.05) is 43.2 Å². The summed E-state index contributed by atoms with van der Waals surface area (Å²) in [6, 6.07) is 10.8. The van der Waals surface area contributed by atoms with Crippen LogP contribution in [-0.4, -0.2) is 23.9 Å². The summed E-state index contributed by atoms with van der Waals surface area (Å²) in [5.41, 5.74) is 1.44. The quantitative estimate of drug-likeness (QED) is 0.814. The van der Waals surface area contributed by atoms with Crippen molar-refractivity contribution in [3.63, 3.8) is 0 Å². The molecule has 0 bridgehead atoms. The van der Waals surface area contributed by atoms with Gasteiger partial charge in [0.25, 0.3) is 0 Å². The third-order valence-electron chi connectivity index (χ3n) is 5.06. The molecule has 0 aromatic heterocycles. The van der Waals surface area contributed by atoms with Crippen LogP contribution in [0.1, 0.15) is 56.4 Å². The SMILES string of the molecule is O=C(CC1CCCC1)N1CCC(c2ccccc2)CC1. The maximum atomic E-state index is 12.3. The maximum Gasteiger partial charge on any atom is 0.222 e. The Bertz CT molecular complexity index is 428. The molecule has 1 aliphatic carbocycles. The Labute approximate surface area is 122 Å². The van der Waals surface area contributed by atoms with Gasteiger partial charge in [-0.3, -0.25) is 4.79 Å². The highest BCUT2D eigenvalue weighted by Gasteiger charge is 2.26. The summed E-state index contributed by atoms with van der Waals surface area (Å²) in [5.74, 6) is 1.73. The van der Waals surface area contributed by atoms with E-state index in [1.54, 1.807) is 0 Å². The molecular formula is C18H25NO. The van der Waals surface area contributed by atoms with E-state index in [1.807, 2.05) is 0 Å². The van der Waals surface area contributed by atoms with Crippen molar-refractivity contribution in [3.05, 3.63) is 35.9 Å². The number of hydrogen-bond donors (Lipinski definition) is 0. The number of carbonyl (C=O) groups excluding carboxylic acids is 1. The van der Waals surface area contributed by atoms with Crippen molar-refractivity contribution < 1.29 is 4.79 Å². The maximum absolute atomic E-state index is 12.3. The largest absolute Gasteiger partial charge is 0.343 e. The van der Waals surface area contributed by atoms with E-state index in [2.05, 4.69) is 35.2 Å². The van der Waals surface area contributed by atoms with Gasteiger partial charge in [-0.25, -0.2) is 0 Å². The molecule has 108 valence electrons. The second kappa shape index (κ2) is 6.43. The number of amides is 1. The lowest BCUT2D eigenvalue weighted by Gasteiger charge is -2.33. The topological polar surface area (TPSA) is 20.3 Å². The normalized spacial score (nSPS) is 21.3. The smallest absolute Gasteiger partial charge is 0.222 e. The molecule has 0 N–H and O–H groups in total. The molecule has 1 aromatic rings. The Kier molecular flexibility index (Phi) is 4.39. The van der Waals surface area contributed by atoms with Gasteiger partial charge in [0.15, 0.2) is 0 Å². The Morgan fingerprint density at radius 2 is 1.65 bits per heavy atom. The first-order valence-corrected chi connectivity index (χ1v) is 8.15. The van der Waals surface area contributed by atoms with Crippen molar-refractivity contribution in [2.24, 2.45) is 5.92 Å². The van der Waals surface area contributed by atoms with Gasteiger partial charge in [0.1, 0.15) is 0 Å². The van der Waals surface area contributed by atoms with Crippen molar-refractivity contribution in [1.82, 2.24) is 4.90 Å². The minimum Gasteiger partial charge on any atom is -0.343 e. The highest BCUT2D eigenvalue weighted by atomic mass is 16.2. The van der Waals surface area contributed by atoms with Gasteiger partial charge >= 0.3 is 0 Å². The molecule has 1 amide bonds. The predicted molar refractivity (Wildman–Crippen MR) is 81.6 cm³/mol. The van der Waals surface area contributed by atoms with E-state index < -0.39 is 0 Å². The zero-order valence-electron chi connectivity index (χ0n) is 12.3. The molecule has 2 aliphatic rings. The summed E-state index contributed by atoms with van der Waals surface area (Å²) >= 11 is 0. The molecule has 0 unspecified atom stereocenters. The first kappa shape index (κ1) is 13.7. The Balaban J connectivity index is 1.49. The fourth-order valence-electron chi connectivity index (χ4n) is 3.78. The van der Waals surface area contributed by atoms with Gasteiger partial charge in [-0.2, -0.15) is 0 Å². The van der Waals surface area contributed by atoms with Crippen LogP contribution < -0.4 is 0 Å². The van der Waals surface area contributed by atoms with Gasteiger partial charge in [0, 0.05) is 19.5 Å². The van der Waals surface area contributed by atoms with Gasteiger partial charge < -0.3 is 4.90 Å².